The van der Waals surface area contributed by atoms with E-state index in [0.717, 1.165) is 19.5 Å². The zero-order chi connectivity index (χ0) is 17.1. The van der Waals surface area contributed by atoms with Gasteiger partial charge in [0.15, 0.2) is 0 Å². The summed E-state index contributed by atoms with van der Waals surface area (Å²) in [6.07, 6.45) is 1.13. The highest BCUT2D eigenvalue weighted by Gasteiger charge is 2.33. The molecule has 0 spiro atoms. The molecule has 2 saturated heterocycles. The number of nitrogens with zero attached hydrogens (tertiary/aromatic N) is 3. The molecule has 5 heteroatoms. The Balaban J connectivity index is 1.56. The molecule has 24 heavy (non-hydrogen) atoms. The van der Waals surface area contributed by atoms with Crippen molar-refractivity contribution in [1.29, 1.82) is 0 Å². The lowest BCUT2D eigenvalue weighted by Gasteiger charge is -2.38. The fourth-order valence-electron chi connectivity index (χ4n) is 3.91. The molecular weight excluding hydrogens is 302 g/mol. The van der Waals surface area contributed by atoms with Gasteiger partial charge in [-0.2, -0.15) is 0 Å². The van der Waals surface area contributed by atoms with Crippen LogP contribution in [-0.4, -0.2) is 60.9 Å². The van der Waals surface area contributed by atoms with Crippen molar-refractivity contribution in [3.05, 3.63) is 30.3 Å². The molecule has 1 aromatic carbocycles. The molecule has 0 aliphatic carbocycles. The largest absolute Gasteiger partial charge is 0.368 e. The number of likely N-dealkylation sites (tertiary alicyclic amines) is 1. The van der Waals surface area contributed by atoms with E-state index in [-0.39, 0.29) is 11.8 Å². The van der Waals surface area contributed by atoms with Crippen LogP contribution in [0.4, 0.5) is 5.69 Å². The molecule has 130 valence electrons. The molecule has 0 saturated carbocycles. The van der Waals surface area contributed by atoms with Crippen LogP contribution in [0, 0.1) is 11.8 Å². The maximum Gasteiger partial charge on any atom is 0.312 e. The number of rotatable bonds is 1. The minimum Gasteiger partial charge on any atom is -0.368 e. The highest BCUT2D eigenvalue weighted by atomic mass is 16.2. The zero-order valence-electron chi connectivity index (χ0n) is 14.6. The van der Waals surface area contributed by atoms with Crippen molar-refractivity contribution < 1.29 is 9.59 Å². The van der Waals surface area contributed by atoms with Crippen LogP contribution in [0.15, 0.2) is 30.3 Å². The molecule has 1 aromatic rings. The second-order valence-corrected chi connectivity index (χ2v) is 7.27. The van der Waals surface area contributed by atoms with Crippen molar-refractivity contribution in [3.8, 4) is 0 Å². The Morgan fingerprint density at radius 2 is 1.38 bits per heavy atom. The Labute approximate surface area is 144 Å². The van der Waals surface area contributed by atoms with Crippen LogP contribution in [-0.2, 0) is 9.59 Å². The van der Waals surface area contributed by atoms with Crippen LogP contribution in [0.25, 0.3) is 0 Å². The summed E-state index contributed by atoms with van der Waals surface area (Å²) < 4.78 is 0. The molecule has 2 fully saturated rings. The van der Waals surface area contributed by atoms with Gasteiger partial charge in [0.05, 0.1) is 0 Å². The molecule has 2 aliphatic heterocycles. The Hall–Kier alpha value is -2.04. The Morgan fingerprint density at radius 3 is 1.96 bits per heavy atom. The molecule has 0 aromatic heterocycles. The topological polar surface area (TPSA) is 43.9 Å². The van der Waals surface area contributed by atoms with Crippen LogP contribution in [0.1, 0.15) is 20.3 Å². The van der Waals surface area contributed by atoms with Gasteiger partial charge in [-0.3, -0.25) is 9.59 Å². The van der Waals surface area contributed by atoms with Gasteiger partial charge in [-0.15, -0.1) is 0 Å². The number of piperidine rings is 1. The number of amides is 2. The Morgan fingerprint density at radius 1 is 0.833 bits per heavy atom. The van der Waals surface area contributed by atoms with Gasteiger partial charge in [0.2, 0.25) is 0 Å². The third-order valence-corrected chi connectivity index (χ3v) is 5.03. The lowest BCUT2D eigenvalue weighted by atomic mass is 9.92. The first-order chi connectivity index (χ1) is 11.5. The van der Waals surface area contributed by atoms with Crippen LogP contribution in [0.2, 0.25) is 0 Å². The molecular formula is C19H27N3O2. The quantitative estimate of drug-likeness (QED) is 0.739. The predicted octanol–water partition coefficient (Wildman–Crippen LogP) is 1.84. The van der Waals surface area contributed by atoms with E-state index >= 15 is 0 Å². The van der Waals surface area contributed by atoms with Crippen molar-refractivity contribution in [2.75, 3.05) is 44.2 Å². The average molecular weight is 329 g/mol. The summed E-state index contributed by atoms with van der Waals surface area (Å²) in [5, 5.41) is 0. The summed E-state index contributed by atoms with van der Waals surface area (Å²) in [6, 6.07) is 10.2. The molecule has 2 heterocycles. The molecule has 5 nitrogen and oxygen atoms in total. The average Bonchev–Trinajstić information content (AvgIpc) is 2.60. The van der Waals surface area contributed by atoms with Crippen LogP contribution < -0.4 is 4.90 Å². The molecule has 0 N–H and O–H groups in total. The lowest BCUT2D eigenvalue weighted by Crippen LogP contribution is -2.55. The van der Waals surface area contributed by atoms with E-state index in [0.29, 0.717) is 38.0 Å². The zero-order valence-corrected chi connectivity index (χ0v) is 14.6. The monoisotopic (exact) mass is 329 g/mol. The van der Waals surface area contributed by atoms with E-state index in [1.807, 2.05) is 18.2 Å². The second kappa shape index (κ2) is 7.24. The number of piperazine rings is 1. The van der Waals surface area contributed by atoms with E-state index < -0.39 is 0 Å². The standard InChI is InChI=1S/C19H27N3O2/c1-15-12-16(2)14-22(13-15)19(24)18(23)21-10-8-20(9-11-21)17-6-4-3-5-7-17/h3-7,15-16H,8-14H2,1-2H3. The van der Waals surface area contributed by atoms with E-state index in [9.17, 15) is 9.59 Å². The summed E-state index contributed by atoms with van der Waals surface area (Å²) in [6.45, 7) is 8.48. The summed E-state index contributed by atoms with van der Waals surface area (Å²) in [5.74, 6) is 0.298. The summed E-state index contributed by atoms with van der Waals surface area (Å²) in [7, 11) is 0. The number of hydrogen-bond donors (Lipinski definition) is 0. The van der Waals surface area contributed by atoms with Crippen molar-refractivity contribution in [2.45, 2.75) is 20.3 Å². The Kier molecular flexibility index (Phi) is 5.07. The van der Waals surface area contributed by atoms with Crippen molar-refractivity contribution in [1.82, 2.24) is 9.80 Å². The fraction of sp³-hybridized carbons (Fsp3) is 0.579. The second-order valence-electron chi connectivity index (χ2n) is 7.27. The first kappa shape index (κ1) is 16.8. The summed E-state index contributed by atoms with van der Waals surface area (Å²) in [4.78, 5) is 30.9. The van der Waals surface area contributed by atoms with Crippen molar-refractivity contribution >= 4 is 17.5 Å². The van der Waals surface area contributed by atoms with Gasteiger partial charge in [-0.25, -0.2) is 0 Å². The van der Waals surface area contributed by atoms with E-state index in [1.54, 1.807) is 9.80 Å². The maximum atomic E-state index is 12.6. The number of benzene rings is 1. The van der Waals surface area contributed by atoms with E-state index in [2.05, 4.69) is 30.9 Å². The SMILES string of the molecule is CC1CC(C)CN(C(=O)C(=O)N2CCN(c3ccccc3)CC2)C1. The summed E-state index contributed by atoms with van der Waals surface area (Å²) >= 11 is 0. The minimum atomic E-state index is -0.330. The lowest BCUT2D eigenvalue weighted by molar-refractivity contribution is -0.153. The van der Waals surface area contributed by atoms with Gasteiger partial charge in [-0.1, -0.05) is 32.0 Å². The highest BCUT2D eigenvalue weighted by molar-refractivity contribution is 6.35. The van der Waals surface area contributed by atoms with Gasteiger partial charge in [0.1, 0.15) is 0 Å². The molecule has 3 rings (SSSR count). The van der Waals surface area contributed by atoms with Gasteiger partial charge >= 0.3 is 11.8 Å². The minimum absolute atomic E-state index is 0.318. The van der Waals surface area contributed by atoms with Crippen LogP contribution in [0.5, 0.6) is 0 Å². The van der Waals surface area contributed by atoms with Crippen LogP contribution in [0.3, 0.4) is 0 Å². The maximum absolute atomic E-state index is 12.6. The molecule has 2 amide bonds. The van der Waals surface area contributed by atoms with Gasteiger partial charge < -0.3 is 14.7 Å². The third-order valence-electron chi connectivity index (χ3n) is 5.03. The molecule has 0 radical (unpaired) electrons. The smallest absolute Gasteiger partial charge is 0.312 e. The first-order valence-electron chi connectivity index (χ1n) is 8.92. The molecule has 2 unspecified atom stereocenters. The van der Waals surface area contributed by atoms with E-state index in [4.69, 9.17) is 0 Å². The fourth-order valence-corrected chi connectivity index (χ4v) is 3.91. The highest BCUT2D eigenvalue weighted by Crippen LogP contribution is 2.22. The number of para-hydroxylation sites is 1. The van der Waals surface area contributed by atoms with Crippen molar-refractivity contribution in [3.63, 3.8) is 0 Å². The van der Waals surface area contributed by atoms with Gasteiger partial charge in [-0.05, 0) is 30.4 Å². The Bertz CT molecular complexity index is 572. The first-order valence-corrected chi connectivity index (χ1v) is 8.92. The number of anilines is 1. The number of carbonyl (C=O) groups is 2. The number of carbonyl (C=O) groups excluding carboxylic acids is 2. The van der Waals surface area contributed by atoms with Crippen molar-refractivity contribution in [2.24, 2.45) is 11.8 Å². The third kappa shape index (κ3) is 3.71. The summed E-state index contributed by atoms with van der Waals surface area (Å²) in [5.41, 5.74) is 1.18. The molecule has 2 atom stereocenters. The normalized spacial score (nSPS) is 24.8. The molecule has 2 aliphatic rings. The molecule has 0 bridgehead atoms. The van der Waals surface area contributed by atoms with Gasteiger partial charge in [0.25, 0.3) is 0 Å². The number of hydrogen-bond acceptors (Lipinski definition) is 3. The van der Waals surface area contributed by atoms with Gasteiger partial charge in [0, 0.05) is 45.0 Å². The van der Waals surface area contributed by atoms with Crippen LogP contribution >= 0.6 is 0 Å². The predicted molar refractivity (Wildman–Crippen MR) is 94.8 cm³/mol. The van der Waals surface area contributed by atoms with E-state index in [1.165, 1.54) is 5.69 Å².